The molecule has 0 radical (unpaired) electrons. The smallest absolute Gasteiger partial charge is 0.416 e. The molecule has 0 amide bonds. The van der Waals surface area contributed by atoms with Gasteiger partial charge in [-0.05, 0) is 46.3 Å². The van der Waals surface area contributed by atoms with Gasteiger partial charge in [-0.2, -0.15) is 13.2 Å². The van der Waals surface area contributed by atoms with Crippen molar-refractivity contribution >= 4 is 55.4 Å². The average Bonchev–Trinajstić information content (AvgIpc) is 2.41. The maximum atomic E-state index is 12.6. The summed E-state index contributed by atoms with van der Waals surface area (Å²) in [6, 6.07) is 6.14. The number of benzene rings is 2. The number of phenols is 1. The SMILES string of the molecule is Oc1c(Br)cc(Br)cc1C=Nc1ccc(C(F)(F)F)cc1Cl. The molecule has 22 heavy (non-hydrogen) atoms. The molecule has 2 nitrogen and oxygen atoms in total. The Morgan fingerprint density at radius 2 is 1.82 bits per heavy atom. The Bertz CT molecular complexity index is 748. The molecule has 0 aliphatic carbocycles. The van der Waals surface area contributed by atoms with Gasteiger partial charge in [0.1, 0.15) is 5.75 Å². The molecular formula is C14H7Br2ClF3NO. The van der Waals surface area contributed by atoms with Crippen LogP contribution in [0.4, 0.5) is 18.9 Å². The maximum absolute atomic E-state index is 12.6. The number of phenolic OH excluding ortho intramolecular Hbond substituents is 1. The second kappa shape index (κ2) is 6.60. The molecule has 2 rings (SSSR count). The molecule has 0 saturated carbocycles. The summed E-state index contributed by atoms with van der Waals surface area (Å²) in [5.74, 6) is -0.0324. The molecule has 0 aliphatic rings. The number of hydrogen-bond acceptors (Lipinski definition) is 2. The van der Waals surface area contributed by atoms with Crippen molar-refractivity contribution in [3.05, 3.63) is 55.4 Å². The standard InChI is InChI=1S/C14H7Br2ClF3NO/c15-9-3-7(13(22)10(16)5-9)6-21-12-2-1-8(4-11(12)17)14(18,19)20/h1-6,22H. The average molecular weight is 457 g/mol. The Balaban J connectivity index is 2.35. The minimum absolute atomic E-state index is 0.0324. The molecule has 0 unspecified atom stereocenters. The third kappa shape index (κ3) is 4.02. The second-order valence-electron chi connectivity index (χ2n) is 4.25. The van der Waals surface area contributed by atoms with Crippen LogP contribution in [0.5, 0.6) is 5.75 Å². The molecule has 0 aromatic heterocycles. The van der Waals surface area contributed by atoms with Crippen LogP contribution < -0.4 is 0 Å². The molecule has 0 heterocycles. The molecule has 0 fully saturated rings. The summed E-state index contributed by atoms with van der Waals surface area (Å²) in [6.45, 7) is 0. The van der Waals surface area contributed by atoms with Crippen molar-refractivity contribution in [1.29, 1.82) is 0 Å². The van der Waals surface area contributed by atoms with E-state index in [4.69, 9.17) is 11.6 Å². The summed E-state index contributed by atoms with van der Waals surface area (Å²) in [7, 11) is 0. The first-order valence-electron chi connectivity index (χ1n) is 5.77. The molecule has 0 aliphatic heterocycles. The van der Waals surface area contributed by atoms with Gasteiger partial charge in [0.25, 0.3) is 0 Å². The van der Waals surface area contributed by atoms with Gasteiger partial charge in [-0.15, -0.1) is 0 Å². The van der Waals surface area contributed by atoms with Gasteiger partial charge in [0, 0.05) is 16.3 Å². The minimum atomic E-state index is -4.46. The predicted molar refractivity (Wildman–Crippen MR) is 87.2 cm³/mol. The molecule has 1 N–H and O–H groups in total. The number of aromatic hydroxyl groups is 1. The highest BCUT2D eigenvalue weighted by Gasteiger charge is 2.30. The molecular weight excluding hydrogens is 450 g/mol. The predicted octanol–water partition coefficient (Wildman–Crippen LogP) is 6.34. The summed E-state index contributed by atoms with van der Waals surface area (Å²) < 4.78 is 38.8. The zero-order valence-electron chi connectivity index (χ0n) is 10.6. The highest BCUT2D eigenvalue weighted by atomic mass is 79.9. The van der Waals surface area contributed by atoms with Crippen molar-refractivity contribution < 1.29 is 18.3 Å². The van der Waals surface area contributed by atoms with E-state index in [9.17, 15) is 18.3 Å². The number of rotatable bonds is 2. The van der Waals surface area contributed by atoms with Crippen LogP contribution in [0.2, 0.25) is 5.02 Å². The zero-order chi connectivity index (χ0) is 16.5. The minimum Gasteiger partial charge on any atom is -0.506 e. The quantitative estimate of drug-likeness (QED) is 0.525. The Morgan fingerprint density at radius 1 is 1.14 bits per heavy atom. The third-order valence-electron chi connectivity index (χ3n) is 2.68. The molecule has 116 valence electrons. The first-order chi connectivity index (χ1) is 10.2. The summed E-state index contributed by atoms with van der Waals surface area (Å²) in [5.41, 5.74) is -0.285. The van der Waals surface area contributed by atoms with Crippen LogP contribution in [0.3, 0.4) is 0 Å². The number of alkyl halides is 3. The van der Waals surface area contributed by atoms with E-state index in [2.05, 4.69) is 36.9 Å². The van der Waals surface area contributed by atoms with E-state index in [1.807, 2.05) is 0 Å². The van der Waals surface area contributed by atoms with Crippen LogP contribution in [0.1, 0.15) is 11.1 Å². The van der Waals surface area contributed by atoms with E-state index in [-0.39, 0.29) is 16.5 Å². The van der Waals surface area contributed by atoms with Gasteiger partial charge in [0.2, 0.25) is 0 Å². The molecule has 0 spiro atoms. The lowest BCUT2D eigenvalue weighted by atomic mass is 10.2. The van der Waals surface area contributed by atoms with Crippen LogP contribution in [0, 0.1) is 0 Å². The Morgan fingerprint density at radius 3 is 2.41 bits per heavy atom. The summed E-state index contributed by atoms with van der Waals surface area (Å²) in [5, 5.41) is 9.75. The van der Waals surface area contributed by atoms with Gasteiger partial charge in [-0.3, -0.25) is 4.99 Å². The van der Waals surface area contributed by atoms with E-state index in [0.29, 0.717) is 14.5 Å². The molecule has 8 heteroatoms. The van der Waals surface area contributed by atoms with Crippen molar-refractivity contribution in [2.45, 2.75) is 6.18 Å². The largest absolute Gasteiger partial charge is 0.506 e. The number of aliphatic imine (C=N–C) groups is 1. The number of halogens is 6. The normalized spacial score (nSPS) is 12.1. The molecule has 0 bridgehead atoms. The van der Waals surface area contributed by atoms with Crippen LogP contribution in [-0.4, -0.2) is 11.3 Å². The zero-order valence-corrected chi connectivity index (χ0v) is 14.6. The topological polar surface area (TPSA) is 32.6 Å². The van der Waals surface area contributed by atoms with E-state index in [1.54, 1.807) is 12.1 Å². The summed E-state index contributed by atoms with van der Waals surface area (Å²) in [6.07, 6.45) is -3.14. The number of hydrogen-bond donors (Lipinski definition) is 1. The Kier molecular flexibility index (Phi) is 5.19. The van der Waals surface area contributed by atoms with Crippen LogP contribution in [-0.2, 0) is 6.18 Å². The summed E-state index contributed by atoms with van der Waals surface area (Å²) in [4.78, 5) is 4.02. The first-order valence-corrected chi connectivity index (χ1v) is 7.73. The lowest BCUT2D eigenvalue weighted by molar-refractivity contribution is -0.137. The van der Waals surface area contributed by atoms with E-state index in [1.165, 1.54) is 12.3 Å². The molecule has 2 aromatic rings. The van der Waals surface area contributed by atoms with Crippen molar-refractivity contribution in [3.8, 4) is 5.75 Å². The van der Waals surface area contributed by atoms with Gasteiger partial charge in [-0.25, -0.2) is 0 Å². The van der Waals surface area contributed by atoms with Crippen LogP contribution >= 0.6 is 43.5 Å². The van der Waals surface area contributed by atoms with E-state index < -0.39 is 11.7 Å². The van der Waals surface area contributed by atoms with Gasteiger partial charge >= 0.3 is 6.18 Å². The first kappa shape index (κ1) is 17.3. The van der Waals surface area contributed by atoms with Gasteiger partial charge in [-0.1, -0.05) is 27.5 Å². The van der Waals surface area contributed by atoms with Crippen molar-refractivity contribution in [2.75, 3.05) is 0 Å². The highest BCUT2D eigenvalue weighted by Crippen LogP contribution is 2.35. The highest BCUT2D eigenvalue weighted by molar-refractivity contribution is 9.11. The molecule has 0 atom stereocenters. The van der Waals surface area contributed by atoms with Gasteiger partial charge < -0.3 is 5.11 Å². The fourth-order valence-corrected chi connectivity index (χ4v) is 3.10. The molecule has 2 aromatic carbocycles. The van der Waals surface area contributed by atoms with Crippen LogP contribution in [0.15, 0.2) is 44.3 Å². The van der Waals surface area contributed by atoms with Crippen molar-refractivity contribution in [2.24, 2.45) is 4.99 Å². The van der Waals surface area contributed by atoms with E-state index >= 15 is 0 Å². The molecule has 0 saturated heterocycles. The fourth-order valence-electron chi connectivity index (χ4n) is 1.61. The van der Waals surface area contributed by atoms with Crippen molar-refractivity contribution in [3.63, 3.8) is 0 Å². The van der Waals surface area contributed by atoms with Crippen LogP contribution in [0.25, 0.3) is 0 Å². The Hall–Kier alpha value is -1.05. The van der Waals surface area contributed by atoms with Gasteiger partial charge in [0.15, 0.2) is 0 Å². The third-order valence-corrected chi connectivity index (χ3v) is 4.04. The van der Waals surface area contributed by atoms with Gasteiger partial charge in [0.05, 0.1) is 20.7 Å². The van der Waals surface area contributed by atoms with E-state index in [0.717, 1.165) is 12.1 Å². The summed E-state index contributed by atoms with van der Waals surface area (Å²) >= 11 is 12.3. The number of nitrogens with zero attached hydrogens (tertiary/aromatic N) is 1. The fraction of sp³-hybridized carbons (Fsp3) is 0.0714. The lowest BCUT2D eigenvalue weighted by Crippen LogP contribution is -2.04. The lowest BCUT2D eigenvalue weighted by Gasteiger charge is -2.08. The maximum Gasteiger partial charge on any atom is 0.416 e. The van der Waals surface area contributed by atoms with Crippen molar-refractivity contribution in [1.82, 2.24) is 0 Å². The second-order valence-corrected chi connectivity index (χ2v) is 6.42. The monoisotopic (exact) mass is 455 g/mol. The Labute approximate surface area is 145 Å².